The van der Waals surface area contributed by atoms with Crippen molar-refractivity contribution in [3.05, 3.63) is 18.0 Å². The van der Waals surface area contributed by atoms with Gasteiger partial charge >= 0.3 is 0 Å². The van der Waals surface area contributed by atoms with Crippen LogP contribution in [0.3, 0.4) is 0 Å². The van der Waals surface area contributed by atoms with E-state index < -0.39 is 0 Å². The molecule has 0 radical (unpaired) electrons. The van der Waals surface area contributed by atoms with Gasteiger partial charge in [0.05, 0.1) is 17.9 Å². The standard InChI is InChI=1S/C12H20N4O2/c17-12(10-8-15-16-9-10)14-4-1-7-18-11-2-5-13-6-3-11/h8-9,11,13H,1-7H2,(H,14,17)(H,15,16). The van der Waals surface area contributed by atoms with Gasteiger partial charge in [-0.1, -0.05) is 0 Å². The van der Waals surface area contributed by atoms with Gasteiger partial charge in [-0.25, -0.2) is 0 Å². The van der Waals surface area contributed by atoms with Crippen LogP contribution >= 0.6 is 0 Å². The van der Waals surface area contributed by atoms with E-state index >= 15 is 0 Å². The first-order valence-electron chi connectivity index (χ1n) is 6.45. The lowest BCUT2D eigenvalue weighted by molar-refractivity contribution is 0.0318. The van der Waals surface area contributed by atoms with Crippen LogP contribution in [0, 0.1) is 0 Å². The molecule has 0 spiro atoms. The lowest BCUT2D eigenvalue weighted by Crippen LogP contribution is -2.33. The maximum atomic E-state index is 11.6. The Bertz CT molecular complexity index is 347. The molecule has 1 saturated heterocycles. The van der Waals surface area contributed by atoms with Crippen molar-refractivity contribution in [2.45, 2.75) is 25.4 Å². The Morgan fingerprint density at radius 3 is 3.06 bits per heavy atom. The number of hydrogen-bond acceptors (Lipinski definition) is 4. The zero-order valence-corrected chi connectivity index (χ0v) is 10.4. The number of nitrogens with one attached hydrogen (secondary N) is 3. The fourth-order valence-corrected chi connectivity index (χ4v) is 1.96. The first-order valence-corrected chi connectivity index (χ1v) is 6.45. The van der Waals surface area contributed by atoms with Crippen molar-refractivity contribution in [2.24, 2.45) is 0 Å². The van der Waals surface area contributed by atoms with Crippen LogP contribution in [0.5, 0.6) is 0 Å². The fraction of sp³-hybridized carbons (Fsp3) is 0.667. The van der Waals surface area contributed by atoms with E-state index in [4.69, 9.17) is 4.74 Å². The molecular weight excluding hydrogens is 232 g/mol. The molecule has 0 saturated carbocycles. The van der Waals surface area contributed by atoms with E-state index in [2.05, 4.69) is 20.8 Å². The van der Waals surface area contributed by atoms with Crippen LogP contribution in [0.1, 0.15) is 29.6 Å². The second-order valence-corrected chi connectivity index (χ2v) is 4.42. The fourth-order valence-electron chi connectivity index (χ4n) is 1.96. The lowest BCUT2D eigenvalue weighted by atomic mass is 10.1. The maximum Gasteiger partial charge on any atom is 0.254 e. The second-order valence-electron chi connectivity index (χ2n) is 4.42. The number of carbonyl (C=O) groups excluding carboxylic acids is 1. The topological polar surface area (TPSA) is 79.0 Å². The van der Waals surface area contributed by atoms with E-state index in [9.17, 15) is 4.79 Å². The average molecular weight is 252 g/mol. The van der Waals surface area contributed by atoms with Gasteiger partial charge in [0.25, 0.3) is 5.91 Å². The number of amides is 1. The zero-order valence-electron chi connectivity index (χ0n) is 10.4. The minimum Gasteiger partial charge on any atom is -0.378 e. The summed E-state index contributed by atoms with van der Waals surface area (Å²) in [5, 5.41) is 12.5. The molecule has 0 aromatic carbocycles. The van der Waals surface area contributed by atoms with Crippen LogP contribution in [0.15, 0.2) is 12.4 Å². The monoisotopic (exact) mass is 252 g/mol. The summed E-state index contributed by atoms with van der Waals surface area (Å²) in [6.07, 6.45) is 6.49. The normalized spacial score (nSPS) is 16.7. The van der Waals surface area contributed by atoms with Crippen molar-refractivity contribution < 1.29 is 9.53 Å². The van der Waals surface area contributed by atoms with Gasteiger partial charge < -0.3 is 15.4 Å². The average Bonchev–Trinajstić information content (AvgIpc) is 2.93. The molecule has 2 heterocycles. The van der Waals surface area contributed by atoms with E-state index in [1.165, 1.54) is 6.20 Å². The van der Waals surface area contributed by atoms with Crippen LogP contribution in [-0.4, -0.2) is 48.4 Å². The molecule has 100 valence electrons. The third kappa shape index (κ3) is 4.12. The molecule has 3 N–H and O–H groups in total. The molecule has 18 heavy (non-hydrogen) atoms. The summed E-state index contributed by atoms with van der Waals surface area (Å²) in [7, 11) is 0. The van der Waals surface area contributed by atoms with E-state index in [1.807, 2.05) is 0 Å². The molecular formula is C12H20N4O2. The summed E-state index contributed by atoms with van der Waals surface area (Å²) in [6, 6.07) is 0. The van der Waals surface area contributed by atoms with Gasteiger partial charge in [-0.05, 0) is 32.4 Å². The van der Waals surface area contributed by atoms with Crippen molar-refractivity contribution in [1.29, 1.82) is 0 Å². The van der Waals surface area contributed by atoms with Gasteiger partial charge in [-0.15, -0.1) is 0 Å². The minimum atomic E-state index is -0.0920. The Morgan fingerprint density at radius 2 is 2.33 bits per heavy atom. The van der Waals surface area contributed by atoms with Gasteiger partial charge in [0.15, 0.2) is 0 Å². The Kier molecular flexibility index (Phi) is 5.16. The van der Waals surface area contributed by atoms with Crippen molar-refractivity contribution in [2.75, 3.05) is 26.2 Å². The lowest BCUT2D eigenvalue weighted by Gasteiger charge is -2.22. The highest BCUT2D eigenvalue weighted by atomic mass is 16.5. The summed E-state index contributed by atoms with van der Waals surface area (Å²) in [6.45, 7) is 3.43. The van der Waals surface area contributed by atoms with Gasteiger partial charge in [0.2, 0.25) is 0 Å². The summed E-state index contributed by atoms with van der Waals surface area (Å²) >= 11 is 0. The molecule has 6 nitrogen and oxygen atoms in total. The number of nitrogens with zero attached hydrogens (tertiary/aromatic N) is 1. The molecule has 1 amide bonds. The first-order chi connectivity index (χ1) is 8.86. The Balaban J connectivity index is 1.52. The van der Waals surface area contributed by atoms with Gasteiger partial charge in [-0.3, -0.25) is 9.89 Å². The minimum absolute atomic E-state index is 0.0920. The van der Waals surface area contributed by atoms with Crippen molar-refractivity contribution in [1.82, 2.24) is 20.8 Å². The number of ether oxygens (including phenoxy) is 1. The molecule has 0 unspecified atom stereocenters. The summed E-state index contributed by atoms with van der Waals surface area (Å²) in [5.74, 6) is -0.0920. The van der Waals surface area contributed by atoms with Crippen LogP contribution in [0.25, 0.3) is 0 Å². The molecule has 1 aliphatic heterocycles. The number of rotatable bonds is 6. The van der Waals surface area contributed by atoms with Gasteiger partial charge in [0, 0.05) is 19.3 Å². The van der Waals surface area contributed by atoms with Crippen LogP contribution in [-0.2, 0) is 4.74 Å². The molecule has 1 aliphatic rings. The Morgan fingerprint density at radius 1 is 1.50 bits per heavy atom. The summed E-state index contributed by atoms with van der Waals surface area (Å²) < 4.78 is 5.75. The third-order valence-corrected chi connectivity index (χ3v) is 3.01. The predicted molar refractivity (Wildman–Crippen MR) is 67.4 cm³/mol. The molecule has 2 rings (SSSR count). The number of aromatic nitrogens is 2. The largest absolute Gasteiger partial charge is 0.378 e. The molecule has 0 bridgehead atoms. The molecule has 1 aromatic rings. The van der Waals surface area contributed by atoms with E-state index in [1.54, 1.807) is 6.20 Å². The van der Waals surface area contributed by atoms with Crippen molar-refractivity contribution in [3.63, 3.8) is 0 Å². The highest BCUT2D eigenvalue weighted by molar-refractivity contribution is 5.93. The summed E-state index contributed by atoms with van der Waals surface area (Å²) in [5.41, 5.74) is 0.564. The number of H-pyrrole nitrogens is 1. The SMILES string of the molecule is O=C(NCCCOC1CCNCC1)c1cn[nH]c1. The van der Waals surface area contributed by atoms with E-state index in [0.29, 0.717) is 24.8 Å². The number of aromatic amines is 1. The highest BCUT2D eigenvalue weighted by Crippen LogP contribution is 2.07. The molecule has 1 aromatic heterocycles. The van der Waals surface area contributed by atoms with Crippen LogP contribution in [0.4, 0.5) is 0 Å². The Hall–Kier alpha value is -1.40. The van der Waals surface area contributed by atoms with Crippen molar-refractivity contribution in [3.8, 4) is 0 Å². The first kappa shape index (κ1) is 13.0. The number of piperidine rings is 1. The second kappa shape index (κ2) is 7.13. The van der Waals surface area contributed by atoms with E-state index in [-0.39, 0.29) is 5.91 Å². The highest BCUT2D eigenvalue weighted by Gasteiger charge is 2.12. The zero-order chi connectivity index (χ0) is 12.6. The van der Waals surface area contributed by atoms with Gasteiger partial charge in [0.1, 0.15) is 0 Å². The quantitative estimate of drug-likeness (QED) is 0.636. The Labute approximate surface area is 106 Å². The van der Waals surface area contributed by atoms with E-state index in [0.717, 1.165) is 32.4 Å². The van der Waals surface area contributed by atoms with Crippen LogP contribution < -0.4 is 10.6 Å². The number of carbonyl (C=O) groups is 1. The molecule has 0 aliphatic carbocycles. The van der Waals surface area contributed by atoms with Gasteiger partial charge in [-0.2, -0.15) is 5.10 Å². The molecule has 1 fully saturated rings. The third-order valence-electron chi connectivity index (χ3n) is 3.01. The predicted octanol–water partition coefficient (Wildman–Crippen LogP) is 0.298. The molecule has 0 atom stereocenters. The van der Waals surface area contributed by atoms with Crippen molar-refractivity contribution >= 4 is 5.91 Å². The summed E-state index contributed by atoms with van der Waals surface area (Å²) in [4.78, 5) is 11.6. The van der Waals surface area contributed by atoms with Crippen LogP contribution in [0.2, 0.25) is 0 Å². The molecule has 6 heteroatoms. The maximum absolute atomic E-state index is 11.6. The number of hydrogen-bond donors (Lipinski definition) is 3. The smallest absolute Gasteiger partial charge is 0.254 e.